The molecule has 0 spiro atoms. The molecule has 0 aromatic carbocycles. The van der Waals surface area contributed by atoms with Crippen LogP contribution in [0, 0.1) is 17.8 Å². The maximum atomic E-state index is 13.1. The van der Waals surface area contributed by atoms with Gasteiger partial charge in [0.1, 0.15) is 0 Å². The van der Waals surface area contributed by atoms with Gasteiger partial charge in [-0.05, 0) is 56.7 Å². The molecule has 0 bridgehead atoms. The van der Waals surface area contributed by atoms with Crippen molar-refractivity contribution in [3.8, 4) is 0 Å². The van der Waals surface area contributed by atoms with Gasteiger partial charge < -0.3 is 15.5 Å². The summed E-state index contributed by atoms with van der Waals surface area (Å²) in [5.41, 5.74) is 0.756. The van der Waals surface area contributed by atoms with E-state index < -0.39 is 0 Å². The van der Waals surface area contributed by atoms with Crippen molar-refractivity contribution in [3.05, 3.63) is 23.8 Å². The van der Waals surface area contributed by atoms with Gasteiger partial charge in [0.2, 0.25) is 11.8 Å². The first-order valence-corrected chi connectivity index (χ1v) is 16.3. The molecule has 2 N–H and O–H groups in total. The lowest BCUT2D eigenvalue weighted by Gasteiger charge is -2.32. The van der Waals surface area contributed by atoms with Crippen LogP contribution in [0.4, 0.5) is 0 Å². The maximum Gasteiger partial charge on any atom is 0.246 e. The van der Waals surface area contributed by atoms with Crippen molar-refractivity contribution in [1.82, 2.24) is 20.4 Å². The third kappa shape index (κ3) is 11.8. The summed E-state index contributed by atoms with van der Waals surface area (Å²) >= 11 is 1.81. The van der Waals surface area contributed by atoms with Crippen LogP contribution in [0.1, 0.15) is 72.1 Å². The number of hydrogen-bond acceptors (Lipinski definition) is 6. The lowest BCUT2D eigenvalue weighted by Crippen LogP contribution is -2.48. The predicted octanol–water partition coefficient (Wildman–Crippen LogP) is 4.51. The van der Waals surface area contributed by atoms with Crippen molar-refractivity contribution < 1.29 is 9.59 Å². The summed E-state index contributed by atoms with van der Waals surface area (Å²) in [5.74, 6) is 2.76. The molecule has 1 saturated heterocycles. The zero-order valence-corrected chi connectivity index (χ0v) is 25.7. The molecule has 0 aromatic rings. The number of rotatable bonds is 11. The van der Waals surface area contributed by atoms with E-state index in [1.54, 1.807) is 0 Å². The van der Waals surface area contributed by atoms with Crippen molar-refractivity contribution in [2.24, 2.45) is 22.7 Å². The monoisotopic (exact) mass is 559 g/mol. The third-order valence-corrected chi connectivity index (χ3v) is 9.66. The molecule has 2 unspecified atom stereocenters. The maximum absolute atomic E-state index is 13.1. The smallest absolute Gasteiger partial charge is 0.246 e. The fraction of sp³-hybridized carbons (Fsp3) is 0.774. The predicted molar refractivity (Wildman–Crippen MR) is 165 cm³/mol. The highest BCUT2D eigenvalue weighted by Crippen LogP contribution is 2.27. The molecule has 2 aliphatic heterocycles. The molecule has 0 radical (unpaired) electrons. The molecule has 220 valence electrons. The Morgan fingerprint density at radius 2 is 1.87 bits per heavy atom. The van der Waals surface area contributed by atoms with Crippen LogP contribution >= 0.6 is 11.8 Å². The van der Waals surface area contributed by atoms with Gasteiger partial charge in [-0.25, -0.2) is 0 Å². The molecule has 3 aliphatic rings. The summed E-state index contributed by atoms with van der Waals surface area (Å²) in [6.45, 7) is 12.7. The molecular formula is C31H53N5O2S. The van der Waals surface area contributed by atoms with Crippen LogP contribution in [-0.4, -0.2) is 91.3 Å². The number of thioether (sulfide) groups is 1. The Balaban J connectivity index is 1.47. The molecule has 3 rings (SSSR count). The number of piperazine rings is 1. The summed E-state index contributed by atoms with van der Waals surface area (Å²) in [7, 11) is 2.15. The molecule has 7 nitrogen and oxygen atoms in total. The van der Waals surface area contributed by atoms with E-state index in [1.165, 1.54) is 19.3 Å². The third-order valence-electron chi connectivity index (χ3n) is 8.56. The molecule has 2 atom stereocenters. The zero-order valence-electron chi connectivity index (χ0n) is 24.9. The molecule has 2 amide bonds. The number of hydrogen-bond donors (Lipinski definition) is 2. The van der Waals surface area contributed by atoms with Crippen LogP contribution < -0.4 is 10.6 Å². The lowest BCUT2D eigenvalue weighted by molar-refractivity contribution is -0.123. The van der Waals surface area contributed by atoms with Crippen LogP contribution in [0.3, 0.4) is 0 Å². The van der Waals surface area contributed by atoms with Gasteiger partial charge >= 0.3 is 0 Å². The fourth-order valence-electron chi connectivity index (χ4n) is 5.65. The number of allylic oxidation sites excluding steroid dienone is 1. The van der Waals surface area contributed by atoms with E-state index in [4.69, 9.17) is 4.99 Å². The van der Waals surface area contributed by atoms with Crippen LogP contribution in [0.25, 0.3) is 0 Å². The second-order valence-electron chi connectivity index (χ2n) is 12.0. The second-order valence-corrected chi connectivity index (χ2v) is 13.1. The van der Waals surface area contributed by atoms with Crippen LogP contribution in [0.15, 0.2) is 28.8 Å². The topological polar surface area (TPSA) is 77.0 Å². The lowest BCUT2D eigenvalue weighted by atomic mass is 9.83. The number of carbonyl (C=O) groups is 2. The Kier molecular flexibility index (Phi) is 14.1. The Labute approximate surface area is 241 Å². The number of nitrogens with zero attached hydrogens (tertiary/aromatic N) is 3. The Morgan fingerprint density at radius 1 is 1.13 bits per heavy atom. The second kappa shape index (κ2) is 17.2. The summed E-state index contributed by atoms with van der Waals surface area (Å²) in [5, 5.41) is 7.53. The summed E-state index contributed by atoms with van der Waals surface area (Å²) in [4.78, 5) is 35.4. The van der Waals surface area contributed by atoms with Gasteiger partial charge in [-0.1, -0.05) is 51.3 Å². The average Bonchev–Trinajstić information content (AvgIpc) is 3.06. The Morgan fingerprint density at radius 3 is 2.59 bits per heavy atom. The highest BCUT2D eigenvalue weighted by atomic mass is 32.2. The number of carbonyl (C=O) groups excluding carboxylic acids is 2. The van der Waals surface area contributed by atoms with E-state index in [0.717, 1.165) is 68.4 Å². The quantitative estimate of drug-likeness (QED) is 0.288. The van der Waals surface area contributed by atoms with Crippen molar-refractivity contribution in [2.75, 3.05) is 58.6 Å². The molecule has 0 aromatic heterocycles. The summed E-state index contributed by atoms with van der Waals surface area (Å²) < 4.78 is 0. The number of amides is 2. The average molecular weight is 560 g/mol. The molecule has 39 heavy (non-hydrogen) atoms. The van der Waals surface area contributed by atoms with Crippen molar-refractivity contribution in [1.29, 1.82) is 0 Å². The molecule has 2 fully saturated rings. The normalized spacial score (nSPS) is 24.3. The van der Waals surface area contributed by atoms with Crippen LogP contribution in [0.2, 0.25) is 0 Å². The summed E-state index contributed by atoms with van der Waals surface area (Å²) in [6, 6.07) is -0.0166. The van der Waals surface area contributed by atoms with Gasteiger partial charge in [-0.3, -0.25) is 19.5 Å². The van der Waals surface area contributed by atoms with Crippen molar-refractivity contribution in [2.45, 2.75) is 78.2 Å². The van der Waals surface area contributed by atoms with E-state index in [-0.39, 0.29) is 17.9 Å². The molecule has 2 heterocycles. The van der Waals surface area contributed by atoms with Gasteiger partial charge in [0.25, 0.3) is 0 Å². The Bertz CT molecular complexity index is 857. The molecule has 1 aliphatic carbocycles. The number of likely N-dealkylation sites (N-methyl/N-ethyl adjacent to an activating group) is 1. The van der Waals surface area contributed by atoms with E-state index in [0.29, 0.717) is 43.7 Å². The van der Waals surface area contributed by atoms with Gasteiger partial charge in [-0.2, -0.15) is 0 Å². The van der Waals surface area contributed by atoms with Crippen LogP contribution in [-0.2, 0) is 9.59 Å². The number of aliphatic imine (C=N–C) groups is 1. The Hall–Kier alpha value is -1.64. The fourth-order valence-corrected chi connectivity index (χ4v) is 6.69. The molecule has 8 heteroatoms. The van der Waals surface area contributed by atoms with Gasteiger partial charge in [0, 0.05) is 63.7 Å². The minimum absolute atomic E-state index is 0.0166. The van der Waals surface area contributed by atoms with Gasteiger partial charge in [0.15, 0.2) is 0 Å². The first kappa shape index (κ1) is 31.9. The van der Waals surface area contributed by atoms with Gasteiger partial charge in [-0.15, -0.1) is 11.8 Å². The van der Waals surface area contributed by atoms with E-state index in [9.17, 15) is 9.59 Å². The summed E-state index contributed by atoms with van der Waals surface area (Å²) in [6.07, 6.45) is 14.7. The van der Waals surface area contributed by atoms with E-state index in [2.05, 4.69) is 53.5 Å². The van der Waals surface area contributed by atoms with E-state index in [1.807, 2.05) is 24.8 Å². The minimum Gasteiger partial charge on any atom is -0.351 e. The largest absolute Gasteiger partial charge is 0.351 e. The number of nitrogens with one attached hydrogen (secondary N) is 2. The zero-order chi connectivity index (χ0) is 28.0. The highest BCUT2D eigenvalue weighted by molar-refractivity contribution is 8.13. The molecule has 1 saturated carbocycles. The first-order chi connectivity index (χ1) is 18.8. The highest BCUT2D eigenvalue weighted by Gasteiger charge is 2.26. The standard InChI is InChI=1S/C31H53N5O2S/c1-24(2)26-11-8-16-32-30(39-22-15-26)13-12-29(37)34-28(27-9-6-5-7-10-27)23-33-31(38)25(3)14-17-36-20-18-35(4)19-21-36/h8,11,14,24,26-28H,5-7,9-10,12-13,15-23H2,1-4H3,(H,33,38)(H,34,37)/b11-8-,25-14+,32-30?. The van der Waals surface area contributed by atoms with Crippen molar-refractivity contribution in [3.63, 3.8) is 0 Å². The van der Waals surface area contributed by atoms with E-state index >= 15 is 0 Å². The first-order valence-electron chi connectivity index (χ1n) is 15.3. The molecular weight excluding hydrogens is 506 g/mol. The minimum atomic E-state index is -0.0247. The van der Waals surface area contributed by atoms with Crippen molar-refractivity contribution >= 4 is 28.6 Å². The SMILES string of the molecule is C/C(=C\CN1CCN(C)CC1)C(=O)NCC(NC(=O)CCC1=NC/C=C\C(C(C)C)CCS1)C1CCCCC1. The van der Waals surface area contributed by atoms with Gasteiger partial charge in [0.05, 0.1) is 11.6 Å². The van der Waals surface area contributed by atoms with Crippen LogP contribution in [0.5, 0.6) is 0 Å².